The molecule has 1 aromatic carbocycles. The molecule has 0 aliphatic heterocycles. The third-order valence-electron chi connectivity index (χ3n) is 2.47. The van der Waals surface area contributed by atoms with Gasteiger partial charge in [-0.15, -0.1) is 0 Å². The second kappa shape index (κ2) is 4.63. The Bertz CT molecular complexity index is 457. The van der Waals surface area contributed by atoms with E-state index in [0.29, 0.717) is 12.1 Å². The Morgan fingerprint density at radius 2 is 1.32 bits per heavy atom. The highest BCUT2D eigenvalue weighted by molar-refractivity contribution is 6.38. The van der Waals surface area contributed by atoms with Crippen molar-refractivity contribution in [3.05, 3.63) is 27.7 Å². The molecule has 0 aromatic heterocycles. The fourth-order valence-corrected chi connectivity index (χ4v) is 1.94. The van der Waals surface area contributed by atoms with Gasteiger partial charge < -0.3 is 5.73 Å². The number of alkyl halides is 6. The van der Waals surface area contributed by atoms with Gasteiger partial charge in [-0.3, -0.25) is 0 Å². The maximum atomic E-state index is 14.0. The van der Waals surface area contributed by atoms with E-state index >= 15 is 0 Å². The summed E-state index contributed by atoms with van der Waals surface area (Å²) in [6, 6.07) is 0.765. The van der Waals surface area contributed by atoms with Gasteiger partial charge in [0.2, 0.25) is 0 Å². The SMILES string of the molecule is CC(F)(F)C(F)(c1cc(Cl)c(N)c(Cl)c1)C(F)(F)F. The molecule has 19 heavy (non-hydrogen) atoms. The number of nitrogens with two attached hydrogens (primary N) is 1. The van der Waals surface area contributed by atoms with E-state index in [2.05, 4.69) is 0 Å². The van der Waals surface area contributed by atoms with E-state index in [4.69, 9.17) is 28.9 Å². The van der Waals surface area contributed by atoms with Crippen molar-refractivity contribution in [2.45, 2.75) is 24.7 Å². The van der Waals surface area contributed by atoms with E-state index in [1.54, 1.807) is 0 Å². The third-order valence-corrected chi connectivity index (χ3v) is 3.10. The van der Waals surface area contributed by atoms with Crippen molar-refractivity contribution in [3.8, 4) is 0 Å². The summed E-state index contributed by atoms with van der Waals surface area (Å²) in [5.41, 5.74) is -1.39. The molecule has 1 nitrogen and oxygen atoms in total. The van der Waals surface area contributed by atoms with Crippen molar-refractivity contribution in [2.24, 2.45) is 0 Å². The summed E-state index contributed by atoms with van der Waals surface area (Å²) in [5, 5.41) is -1.09. The Morgan fingerprint density at radius 1 is 0.947 bits per heavy atom. The number of nitrogen functional groups attached to an aromatic ring is 1. The average Bonchev–Trinajstić information content (AvgIpc) is 2.20. The highest BCUT2D eigenvalue weighted by Gasteiger charge is 2.70. The van der Waals surface area contributed by atoms with Gasteiger partial charge in [0.1, 0.15) is 0 Å². The predicted molar refractivity (Wildman–Crippen MR) is 60.3 cm³/mol. The Morgan fingerprint density at radius 3 is 1.58 bits per heavy atom. The van der Waals surface area contributed by atoms with E-state index in [1.165, 1.54) is 0 Å². The minimum atomic E-state index is -5.85. The topological polar surface area (TPSA) is 26.0 Å². The van der Waals surface area contributed by atoms with Crippen LogP contribution in [0.3, 0.4) is 0 Å². The normalized spacial score (nSPS) is 16.3. The number of hydrogen-bond acceptors (Lipinski definition) is 1. The van der Waals surface area contributed by atoms with E-state index < -0.39 is 33.4 Å². The Hall–Kier alpha value is -0.820. The molecular weight excluding hydrogens is 319 g/mol. The van der Waals surface area contributed by atoms with Gasteiger partial charge in [0, 0.05) is 12.5 Å². The molecule has 1 rings (SSSR count). The number of anilines is 1. The van der Waals surface area contributed by atoms with Crippen LogP contribution in [0.2, 0.25) is 10.0 Å². The summed E-state index contributed by atoms with van der Waals surface area (Å²) in [5.74, 6) is -4.73. The van der Waals surface area contributed by atoms with E-state index in [0.717, 1.165) is 0 Å². The molecule has 0 saturated heterocycles. The summed E-state index contributed by atoms with van der Waals surface area (Å²) in [6.45, 7) is -0.182. The smallest absolute Gasteiger partial charge is 0.396 e. The molecule has 9 heteroatoms. The summed E-state index contributed by atoms with van der Waals surface area (Å²) in [6.07, 6.45) is -5.85. The summed E-state index contributed by atoms with van der Waals surface area (Å²) < 4.78 is 78.2. The fourth-order valence-electron chi connectivity index (χ4n) is 1.45. The van der Waals surface area contributed by atoms with Crippen LogP contribution in [0, 0.1) is 0 Å². The van der Waals surface area contributed by atoms with Crippen LogP contribution >= 0.6 is 23.2 Å². The van der Waals surface area contributed by atoms with E-state index in [9.17, 15) is 26.3 Å². The predicted octanol–water partition coefficient (Wildman–Crippen LogP) is 4.96. The first-order valence-corrected chi connectivity index (χ1v) is 5.46. The molecule has 0 amide bonds. The number of benzene rings is 1. The maximum absolute atomic E-state index is 14.0. The standard InChI is InChI=1S/C10H7Cl2F6N/c1-8(13,14)9(15,10(16,17)18)4-2-5(11)7(19)6(12)3-4/h2-3H,19H2,1H3. The monoisotopic (exact) mass is 325 g/mol. The van der Waals surface area contributed by atoms with Gasteiger partial charge in [0.15, 0.2) is 0 Å². The Balaban J connectivity index is 3.62. The van der Waals surface area contributed by atoms with Gasteiger partial charge in [-0.2, -0.15) is 13.2 Å². The van der Waals surface area contributed by atoms with Crippen molar-refractivity contribution in [2.75, 3.05) is 5.73 Å². The van der Waals surface area contributed by atoms with Gasteiger partial charge in [0.05, 0.1) is 15.7 Å². The third kappa shape index (κ3) is 2.58. The maximum Gasteiger partial charge on any atom is 0.432 e. The van der Waals surface area contributed by atoms with Crippen molar-refractivity contribution >= 4 is 28.9 Å². The zero-order chi connectivity index (χ0) is 15.2. The Kier molecular flexibility index (Phi) is 3.95. The lowest BCUT2D eigenvalue weighted by atomic mass is 9.89. The number of rotatable bonds is 2. The summed E-state index contributed by atoms with van der Waals surface area (Å²) >= 11 is 10.9. The first-order valence-electron chi connectivity index (χ1n) is 4.71. The minimum Gasteiger partial charge on any atom is -0.396 e. The molecule has 0 aliphatic rings. The highest BCUT2D eigenvalue weighted by Crippen LogP contribution is 2.53. The van der Waals surface area contributed by atoms with Crippen LogP contribution in [0.4, 0.5) is 32.0 Å². The van der Waals surface area contributed by atoms with Crippen molar-refractivity contribution < 1.29 is 26.3 Å². The van der Waals surface area contributed by atoms with Gasteiger partial charge >= 0.3 is 6.18 Å². The lowest BCUT2D eigenvalue weighted by molar-refractivity contribution is -0.304. The Labute approximate surface area is 114 Å². The molecular formula is C10H7Cl2F6N. The van der Waals surface area contributed by atoms with Crippen molar-refractivity contribution in [1.29, 1.82) is 0 Å². The van der Waals surface area contributed by atoms with Crippen molar-refractivity contribution in [1.82, 2.24) is 0 Å². The molecule has 0 fully saturated rings. The molecule has 0 bridgehead atoms. The molecule has 0 radical (unpaired) electrons. The van der Waals surface area contributed by atoms with Crippen LogP contribution in [-0.2, 0) is 5.67 Å². The highest BCUT2D eigenvalue weighted by atomic mass is 35.5. The molecule has 0 heterocycles. The summed E-state index contributed by atoms with van der Waals surface area (Å²) in [7, 11) is 0. The van der Waals surface area contributed by atoms with Crippen molar-refractivity contribution in [3.63, 3.8) is 0 Å². The molecule has 1 aromatic rings. The second-order valence-corrected chi connectivity index (χ2v) is 4.71. The molecule has 1 unspecified atom stereocenters. The fraction of sp³-hybridized carbons (Fsp3) is 0.400. The van der Waals surface area contributed by atoms with Crippen LogP contribution < -0.4 is 5.73 Å². The quantitative estimate of drug-likeness (QED) is 0.603. The number of halogens is 8. The molecule has 0 aliphatic carbocycles. The summed E-state index contributed by atoms with van der Waals surface area (Å²) in [4.78, 5) is 0. The second-order valence-electron chi connectivity index (χ2n) is 3.90. The van der Waals surface area contributed by atoms with Gasteiger partial charge in [-0.1, -0.05) is 23.2 Å². The van der Waals surface area contributed by atoms with Crippen LogP contribution in [0.5, 0.6) is 0 Å². The zero-order valence-corrected chi connectivity index (χ0v) is 10.8. The molecule has 0 saturated carbocycles. The van der Waals surface area contributed by atoms with E-state index in [1.807, 2.05) is 0 Å². The van der Waals surface area contributed by atoms with Gasteiger partial charge in [-0.25, -0.2) is 13.2 Å². The minimum absolute atomic E-state index is 0.182. The first-order chi connectivity index (χ1) is 8.32. The van der Waals surface area contributed by atoms with E-state index in [-0.39, 0.29) is 12.6 Å². The van der Waals surface area contributed by atoms with Gasteiger partial charge in [0.25, 0.3) is 11.6 Å². The lowest BCUT2D eigenvalue weighted by Gasteiger charge is -2.33. The molecule has 108 valence electrons. The number of hydrogen-bond donors (Lipinski definition) is 1. The van der Waals surface area contributed by atoms with Crippen LogP contribution in [0.1, 0.15) is 12.5 Å². The zero-order valence-electron chi connectivity index (χ0n) is 9.26. The average molecular weight is 326 g/mol. The largest absolute Gasteiger partial charge is 0.432 e. The first kappa shape index (κ1) is 16.2. The molecule has 0 spiro atoms. The molecule has 2 N–H and O–H groups in total. The van der Waals surface area contributed by atoms with Gasteiger partial charge in [-0.05, 0) is 12.1 Å². The van der Waals surface area contributed by atoms with Crippen LogP contribution in [-0.4, -0.2) is 12.1 Å². The van der Waals surface area contributed by atoms with Crippen LogP contribution in [0.15, 0.2) is 12.1 Å². The van der Waals surface area contributed by atoms with Crippen LogP contribution in [0.25, 0.3) is 0 Å². The lowest BCUT2D eigenvalue weighted by Crippen LogP contribution is -2.51. The molecule has 1 atom stereocenters.